The van der Waals surface area contributed by atoms with Crippen LogP contribution in [0.4, 0.5) is 0 Å². The molecule has 1 unspecified atom stereocenters. The molecule has 2 aromatic heterocycles. The summed E-state index contributed by atoms with van der Waals surface area (Å²) in [7, 11) is 3.30. The highest BCUT2D eigenvalue weighted by Crippen LogP contribution is 2.50. The zero-order valence-electron chi connectivity index (χ0n) is 23.3. The van der Waals surface area contributed by atoms with E-state index >= 15 is 0 Å². The van der Waals surface area contributed by atoms with E-state index in [0.717, 1.165) is 56.0 Å². The molecule has 7 rings (SSSR count). The number of hydrogen-bond donors (Lipinski definition) is 0. The van der Waals surface area contributed by atoms with E-state index < -0.39 is 0 Å². The van der Waals surface area contributed by atoms with Crippen molar-refractivity contribution in [2.75, 3.05) is 14.2 Å². The lowest BCUT2D eigenvalue weighted by Crippen LogP contribution is -2.15. The third kappa shape index (κ3) is 4.45. The first-order valence-corrected chi connectivity index (χ1v) is 13.5. The predicted molar refractivity (Wildman–Crippen MR) is 159 cm³/mol. The molecule has 0 bridgehead atoms. The number of methoxy groups -OCH3 is 2. The van der Waals surface area contributed by atoms with Crippen molar-refractivity contribution in [2.24, 2.45) is 5.16 Å². The fraction of sp³-hybridized carbons (Fsp3) is 0.152. The molecule has 0 spiro atoms. The van der Waals surface area contributed by atoms with Crippen LogP contribution >= 0.6 is 0 Å². The molecular weight excluding hydrogens is 530 g/mol. The van der Waals surface area contributed by atoms with Crippen molar-refractivity contribution < 1.29 is 19.0 Å². The monoisotopic (exact) mass is 557 g/mol. The Morgan fingerprint density at radius 1 is 0.905 bits per heavy atom. The molecule has 0 amide bonds. The molecule has 1 aliphatic heterocycles. The summed E-state index contributed by atoms with van der Waals surface area (Å²) in [6, 6.07) is 28.1. The summed E-state index contributed by atoms with van der Waals surface area (Å²) in [6.07, 6.45) is 1.62. The Kier molecular flexibility index (Phi) is 6.39. The molecule has 1 aliphatic rings. The van der Waals surface area contributed by atoms with Crippen LogP contribution in [0.15, 0.2) is 96.4 Å². The van der Waals surface area contributed by atoms with E-state index in [4.69, 9.17) is 24.0 Å². The Bertz CT molecular complexity index is 1950. The van der Waals surface area contributed by atoms with Gasteiger partial charge in [-0.25, -0.2) is 14.5 Å². The number of nitrogens with zero attached hydrogens (tertiary/aromatic N) is 5. The Labute approximate surface area is 242 Å². The van der Waals surface area contributed by atoms with Crippen LogP contribution in [0, 0.1) is 0 Å². The maximum atomic E-state index is 6.50. The van der Waals surface area contributed by atoms with E-state index in [2.05, 4.69) is 51.6 Å². The molecule has 0 N–H and O–H groups in total. The van der Waals surface area contributed by atoms with Gasteiger partial charge in [0.15, 0.2) is 18.1 Å². The van der Waals surface area contributed by atoms with Gasteiger partial charge in [0, 0.05) is 16.9 Å². The standard InChI is InChI=1S/C33H27N5O4/c1-20(21-8-13-24(39-2)14-9-21)37-41-18-28-35-32-30-29(23-10-15-25(40-3)16-11-23)27-17-12-22-6-4-5-7-26(22)31(27)42-33(30)34-19-38(32)36-28/h4-17,19,29H,18H2,1-3H3/b37-20+. The fourth-order valence-electron chi connectivity index (χ4n) is 5.37. The van der Waals surface area contributed by atoms with Gasteiger partial charge in [0.1, 0.15) is 23.6 Å². The van der Waals surface area contributed by atoms with E-state index in [9.17, 15) is 0 Å². The largest absolute Gasteiger partial charge is 0.497 e. The summed E-state index contributed by atoms with van der Waals surface area (Å²) in [6.45, 7) is 1.98. The summed E-state index contributed by atoms with van der Waals surface area (Å²) in [5.74, 6) is 3.16. The molecule has 42 heavy (non-hydrogen) atoms. The van der Waals surface area contributed by atoms with Crippen molar-refractivity contribution in [1.29, 1.82) is 0 Å². The van der Waals surface area contributed by atoms with E-state index in [-0.39, 0.29) is 12.5 Å². The molecule has 3 heterocycles. The number of aromatic nitrogens is 4. The molecule has 0 saturated carbocycles. The first-order chi connectivity index (χ1) is 20.6. The number of hydrogen-bond acceptors (Lipinski definition) is 8. The van der Waals surface area contributed by atoms with E-state index in [0.29, 0.717) is 17.4 Å². The summed E-state index contributed by atoms with van der Waals surface area (Å²) in [5.41, 5.74) is 5.24. The van der Waals surface area contributed by atoms with Crippen LogP contribution in [0.2, 0.25) is 0 Å². The summed E-state index contributed by atoms with van der Waals surface area (Å²) in [4.78, 5) is 15.2. The van der Waals surface area contributed by atoms with Crippen molar-refractivity contribution in [1.82, 2.24) is 19.6 Å². The second-order valence-electron chi connectivity index (χ2n) is 9.95. The van der Waals surface area contributed by atoms with Gasteiger partial charge < -0.3 is 19.0 Å². The topological polar surface area (TPSA) is 92.4 Å². The van der Waals surface area contributed by atoms with Crippen LogP contribution in [0.5, 0.6) is 23.1 Å². The Morgan fingerprint density at radius 2 is 1.64 bits per heavy atom. The van der Waals surface area contributed by atoms with E-state index in [1.54, 1.807) is 25.1 Å². The van der Waals surface area contributed by atoms with Crippen molar-refractivity contribution in [3.05, 3.63) is 119 Å². The van der Waals surface area contributed by atoms with Crippen molar-refractivity contribution in [3.63, 3.8) is 0 Å². The van der Waals surface area contributed by atoms with Gasteiger partial charge in [-0.05, 0) is 59.8 Å². The molecule has 0 fully saturated rings. The molecule has 0 radical (unpaired) electrons. The van der Waals surface area contributed by atoms with Crippen molar-refractivity contribution >= 4 is 22.1 Å². The highest BCUT2D eigenvalue weighted by atomic mass is 16.6. The third-order valence-corrected chi connectivity index (χ3v) is 7.49. The lowest BCUT2D eigenvalue weighted by atomic mass is 9.83. The first-order valence-electron chi connectivity index (χ1n) is 13.5. The molecular formula is C33H27N5O4. The third-order valence-electron chi connectivity index (χ3n) is 7.49. The van der Waals surface area contributed by atoms with Gasteiger partial charge in [-0.2, -0.15) is 0 Å². The minimum atomic E-state index is -0.191. The fourth-order valence-corrected chi connectivity index (χ4v) is 5.37. The smallest absolute Gasteiger partial charge is 0.228 e. The predicted octanol–water partition coefficient (Wildman–Crippen LogP) is 6.52. The van der Waals surface area contributed by atoms with E-state index in [1.165, 1.54) is 0 Å². The molecule has 6 aromatic rings. The Morgan fingerprint density at radius 3 is 2.40 bits per heavy atom. The van der Waals surface area contributed by atoms with Crippen LogP contribution < -0.4 is 14.2 Å². The zero-order chi connectivity index (χ0) is 28.6. The SMILES string of the molecule is COc1ccc(/C(C)=N/OCc2nc3c4c(ncn3n2)Oc2c(ccc3ccccc23)C4c2ccc(OC)cc2)cc1. The molecule has 9 heteroatoms. The minimum Gasteiger partial charge on any atom is -0.497 e. The van der Waals surface area contributed by atoms with Crippen LogP contribution in [0.1, 0.15) is 40.9 Å². The van der Waals surface area contributed by atoms with Gasteiger partial charge in [-0.3, -0.25) is 0 Å². The highest BCUT2D eigenvalue weighted by molar-refractivity contribution is 5.98. The number of rotatable bonds is 7. The minimum absolute atomic E-state index is 0.0965. The molecule has 0 aliphatic carbocycles. The number of fused-ring (bicyclic) bond motifs is 6. The van der Waals surface area contributed by atoms with Crippen molar-refractivity contribution in [3.8, 4) is 23.1 Å². The normalized spacial score (nSPS) is 14.3. The summed E-state index contributed by atoms with van der Waals surface area (Å²) in [5, 5.41) is 11.0. The van der Waals surface area contributed by atoms with Gasteiger partial charge in [0.2, 0.25) is 5.88 Å². The van der Waals surface area contributed by atoms with Gasteiger partial charge in [0.05, 0.1) is 25.5 Å². The highest BCUT2D eigenvalue weighted by Gasteiger charge is 2.34. The number of ether oxygens (including phenoxy) is 3. The molecule has 9 nitrogen and oxygen atoms in total. The second kappa shape index (κ2) is 10.5. The van der Waals surface area contributed by atoms with Gasteiger partial charge in [0.25, 0.3) is 0 Å². The van der Waals surface area contributed by atoms with Gasteiger partial charge >= 0.3 is 0 Å². The molecule has 208 valence electrons. The lowest BCUT2D eigenvalue weighted by molar-refractivity contribution is 0.125. The summed E-state index contributed by atoms with van der Waals surface area (Å²) >= 11 is 0. The van der Waals surface area contributed by atoms with E-state index in [1.807, 2.05) is 55.5 Å². The quantitative estimate of drug-likeness (QED) is 0.163. The lowest BCUT2D eigenvalue weighted by Gasteiger charge is -2.28. The zero-order valence-corrected chi connectivity index (χ0v) is 23.3. The molecule has 1 atom stereocenters. The van der Waals surface area contributed by atoms with Crippen molar-refractivity contribution in [2.45, 2.75) is 19.4 Å². The first kappa shape index (κ1) is 25.5. The van der Waals surface area contributed by atoms with Crippen LogP contribution in [0.3, 0.4) is 0 Å². The molecule has 4 aromatic carbocycles. The number of oxime groups is 1. The van der Waals surface area contributed by atoms with Gasteiger partial charge in [-0.1, -0.05) is 53.7 Å². The van der Waals surface area contributed by atoms with Crippen LogP contribution in [-0.4, -0.2) is 39.5 Å². The van der Waals surface area contributed by atoms with Gasteiger partial charge in [-0.15, -0.1) is 5.10 Å². The maximum Gasteiger partial charge on any atom is 0.228 e. The van der Waals surface area contributed by atoms with Crippen LogP contribution in [-0.2, 0) is 11.4 Å². The second-order valence-corrected chi connectivity index (χ2v) is 9.95. The average Bonchev–Trinajstić information content (AvgIpc) is 3.47. The molecule has 0 saturated heterocycles. The van der Waals surface area contributed by atoms with Crippen LogP contribution in [0.25, 0.3) is 16.4 Å². The Hall–Kier alpha value is -5.44. The maximum absolute atomic E-state index is 6.50. The summed E-state index contributed by atoms with van der Waals surface area (Å²) < 4.78 is 18.8. The number of benzene rings is 4. The average molecular weight is 558 g/mol. The Balaban J connectivity index is 1.27.